The second kappa shape index (κ2) is 7.66. The molecule has 30 heavy (non-hydrogen) atoms. The molecule has 0 unspecified atom stereocenters. The van der Waals surface area contributed by atoms with Crippen LogP contribution in [0.25, 0.3) is 10.9 Å². The van der Waals surface area contributed by atoms with Crippen LogP contribution in [0.1, 0.15) is 21.5 Å². The summed E-state index contributed by atoms with van der Waals surface area (Å²) in [7, 11) is -3.92. The third-order valence-electron chi connectivity index (χ3n) is 4.72. The Hall–Kier alpha value is -3.03. The summed E-state index contributed by atoms with van der Waals surface area (Å²) in [5, 5.41) is 4.68. The van der Waals surface area contributed by atoms with Crippen LogP contribution in [0.2, 0.25) is 5.02 Å². The summed E-state index contributed by atoms with van der Waals surface area (Å²) < 4.78 is 41.1. The third kappa shape index (κ3) is 3.62. The van der Waals surface area contributed by atoms with Crippen LogP contribution in [0.5, 0.6) is 0 Å². The Morgan fingerprint density at radius 1 is 1.10 bits per heavy atom. The summed E-state index contributed by atoms with van der Waals surface area (Å²) >= 11 is 5.98. The molecule has 3 aromatic carbocycles. The first-order valence-corrected chi connectivity index (χ1v) is 10.9. The summed E-state index contributed by atoms with van der Waals surface area (Å²) in [4.78, 5) is 12.7. The summed E-state index contributed by atoms with van der Waals surface area (Å²) in [6.07, 6.45) is 1.31. The molecule has 1 heterocycles. The molecule has 0 atom stereocenters. The molecular formula is C22H16ClFN2O3S. The van der Waals surface area contributed by atoms with Crippen molar-refractivity contribution in [1.82, 2.24) is 9.19 Å². The van der Waals surface area contributed by atoms with Gasteiger partial charge >= 0.3 is 0 Å². The molecule has 0 aliphatic carbocycles. The van der Waals surface area contributed by atoms with E-state index in [0.29, 0.717) is 16.5 Å². The number of hydrogen-bond acceptors (Lipinski definition) is 4. The van der Waals surface area contributed by atoms with E-state index in [-0.39, 0.29) is 21.9 Å². The van der Waals surface area contributed by atoms with E-state index in [1.54, 1.807) is 43.3 Å². The van der Waals surface area contributed by atoms with E-state index in [4.69, 9.17) is 11.6 Å². The van der Waals surface area contributed by atoms with Crippen molar-refractivity contribution in [2.24, 2.45) is 0 Å². The fourth-order valence-electron chi connectivity index (χ4n) is 3.26. The zero-order chi connectivity index (χ0) is 21.5. The van der Waals surface area contributed by atoms with Crippen LogP contribution in [-0.4, -0.2) is 23.4 Å². The van der Waals surface area contributed by atoms with Gasteiger partial charge in [-0.15, -0.1) is 0 Å². The second-order valence-corrected chi connectivity index (χ2v) is 9.07. The first-order valence-electron chi connectivity index (χ1n) is 9.03. The van der Waals surface area contributed by atoms with E-state index in [2.05, 4.69) is 5.10 Å². The third-order valence-corrected chi connectivity index (χ3v) is 6.63. The van der Waals surface area contributed by atoms with Gasteiger partial charge in [-0.05, 0) is 48.4 Å². The molecule has 8 heteroatoms. The topological polar surface area (TPSA) is 69.0 Å². The number of halogens is 2. The number of carbonyl (C=O) groups is 1. The molecule has 0 bridgehead atoms. The first-order chi connectivity index (χ1) is 14.3. The number of Topliss-reactive ketones (excluding diaryl/α,β-unsaturated/α-hetero) is 1. The molecule has 0 spiro atoms. The highest BCUT2D eigenvalue weighted by Gasteiger charge is 2.22. The number of fused-ring (bicyclic) bond motifs is 1. The number of aromatic nitrogens is 2. The second-order valence-electron chi connectivity index (χ2n) is 6.90. The Labute approximate surface area is 177 Å². The van der Waals surface area contributed by atoms with E-state index in [1.807, 2.05) is 0 Å². The fourth-order valence-corrected chi connectivity index (χ4v) is 4.90. The quantitative estimate of drug-likeness (QED) is 0.416. The van der Waals surface area contributed by atoms with E-state index < -0.39 is 21.6 Å². The molecule has 0 fully saturated rings. The fraction of sp³-hybridized carbons (Fsp3) is 0.0909. The van der Waals surface area contributed by atoms with Crippen molar-refractivity contribution in [3.05, 3.63) is 94.4 Å². The minimum Gasteiger partial charge on any atom is -0.294 e. The van der Waals surface area contributed by atoms with Crippen molar-refractivity contribution >= 4 is 38.3 Å². The summed E-state index contributed by atoms with van der Waals surface area (Å²) in [5.74, 6) is -1.19. The molecule has 0 N–H and O–H groups in total. The van der Waals surface area contributed by atoms with Gasteiger partial charge in [0.2, 0.25) is 0 Å². The van der Waals surface area contributed by atoms with Crippen LogP contribution in [0, 0.1) is 12.7 Å². The molecule has 0 aliphatic rings. The molecule has 0 radical (unpaired) electrons. The highest BCUT2D eigenvalue weighted by Crippen LogP contribution is 2.24. The lowest BCUT2D eigenvalue weighted by molar-refractivity contribution is 0.0989. The van der Waals surface area contributed by atoms with E-state index in [9.17, 15) is 17.6 Å². The van der Waals surface area contributed by atoms with Crippen LogP contribution in [0.15, 0.2) is 71.8 Å². The summed E-state index contributed by atoms with van der Waals surface area (Å²) in [6.45, 7) is 1.80. The standard InChI is InChI=1S/C22H16ClFN2O3S/c1-14-4-2-5-17(10-14)30(28,29)26-20-11-15(8-9-16(20)13-25-26)12-21(27)22-18(23)6-3-7-19(22)24/h2-11,13H,12H2,1H3. The lowest BCUT2D eigenvalue weighted by Gasteiger charge is -2.08. The van der Waals surface area contributed by atoms with Crippen molar-refractivity contribution in [3.8, 4) is 0 Å². The lowest BCUT2D eigenvalue weighted by atomic mass is 10.0. The predicted molar refractivity (Wildman–Crippen MR) is 113 cm³/mol. The maximum absolute atomic E-state index is 14.0. The number of rotatable bonds is 5. The molecule has 1 aromatic heterocycles. The Kier molecular flexibility index (Phi) is 5.17. The van der Waals surface area contributed by atoms with Gasteiger partial charge in [0, 0.05) is 11.8 Å². The lowest BCUT2D eigenvalue weighted by Crippen LogP contribution is -2.14. The zero-order valence-corrected chi connectivity index (χ0v) is 17.4. The molecule has 0 amide bonds. The Morgan fingerprint density at radius 3 is 2.60 bits per heavy atom. The molecular weight excluding hydrogens is 427 g/mol. The van der Waals surface area contributed by atoms with Crippen LogP contribution < -0.4 is 0 Å². The molecule has 152 valence electrons. The Balaban J connectivity index is 1.74. The first kappa shape index (κ1) is 20.3. The number of ketones is 1. The molecule has 0 saturated carbocycles. The summed E-state index contributed by atoms with van der Waals surface area (Å²) in [6, 6.07) is 15.5. The SMILES string of the molecule is Cc1cccc(S(=O)(=O)n2ncc3ccc(CC(=O)c4c(F)cccc4Cl)cc32)c1. The highest BCUT2D eigenvalue weighted by atomic mass is 35.5. The van der Waals surface area contributed by atoms with E-state index >= 15 is 0 Å². The number of nitrogens with zero attached hydrogens (tertiary/aromatic N) is 2. The van der Waals surface area contributed by atoms with E-state index in [1.165, 1.54) is 30.5 Å². The minimum atomic E-state index is -3.92. The van der Waals surface area contributed by atoms with Gasteiger partial charge in [-0.25, -0.2) is 4.39 Å². The average molecular weight is 443 g/mol. The van der Waals surface area contributed by atoms with Gasteiger partial charge in [0.1, 0.15) is 5.82 Å². The van der Waals surface area contributed by atoms with Crippen molar-refractivity contribution in [3.63, 3.8) is 0 Å². The van der Waals surface area contributed by atoms with E-state index in [0.717, 1.165) is 9.65 Å². The van der Waals surface area contributed by atoms with Crippen molar-refractivity contribution in [2.75, 3.05) is 0 Å². The number of carbonyl (C=O) groups excluding carboxylic acids is 1. The molecule has 0 saturated heterocycles. The van der Waals surface area contributed by atoms with Gasteiger partial charge < -0.3 is 0 Å². The molecule has 0 aliphatic heterocycles. The monoisotopic (exact) mass is 442 g/mol. The predicted octanol–water partition coefficient (Wildman–Crippen LogP) is 4.80. The van der Waals surface area contributed by atoms with Gasteiger partial charge in [0.15, 0.2) is 5.78 Å². The zero-order valence-electron chi connectivity index (χ0n) is 15.8. The summed E-state index contributed by atoms with van der Waals surface area (Å²) in [5.41, 5.74) is 1.48. The van der Waals surface area contributed by atoms with Crippen LogP contribution in [0.4, 0.5) is 4.39 Å². The van der Waals surface area contributed by atoms with Gasteiger partial charge in [-0.1, -0.05) is 41.9 Å². The number of benzene rings is 3. The van der Waals surface area contributed by atoms with Crippen LogP contribution in [-0.2, 0) is 16.4 Å². The maximum Gasteiger partial charge on any atom is 0.283 e. The van der Waals surface area contributed by atoms with Crippen molar-refractivity contribution in [2.45, 2.75) is 18.2 Å². The number of aryl methyl sites for hydroxylation is 1. The largest absolute Gasteiger partial charge is 0.294 e. The van der Waals surface area contributed by atoms with Gasteiger partial charge in [0.25, 0.3) is 10.0 Å². The van der Waals surface area contributed by atoms with Crippen molar-refractivity contribution in [1.29, 1.82) is 0 Å². The smallest absolute Gasteiger partial charge is 0.283 e. The van der Waals surface area contributed by atoms with Gasteiger partial charge in [-0.3, -0.25) is 4.79 Å². The molecule has 4 rings (SSSR count). The Morgan fingerprint density at radius 2 is 1.87 bits per heavy atom. The van der Waals surface area contributed by atoms with Crippen LogP contribution in [0.3, 0.4) is 0 Å². The van der Waals surface area contributed by atoms with Crippen molar-refractivity contribution < 1.29 is 17.6 Å². The normalized spacial score (nSPS) is 11.7. The maximum atomic E-state index is 14.0. The highest BCUT2D eigenvalue weighted by molar-refractivity contribution is 7.90. The average Bonchev–Trinajstić information content (AvgIpc) is 3.12. The molecule has 4 aromatic rings. The molecule has 5 nitrogen and oxygen atoms in total. The van der Waals surface area contributed by atoms with Crippen LogP contribution >= 0.6 is 11.6 Å². The minimum absolute atomic E-state index is 0.0353. The Bertz CT molecular complexity index is 1380. The number of hydrogen-bond donors (Lipinski definition) is 0. The van der Waals surface area contributed by atoms with Gasteiger partial charge in [-0.2, -0.15) is 17.6 Å². The van der Waals surface area contributed by atoms with Gasteiger partial charge in [0.05, 0.1) is 27.2 Å².